The second kappa shape index (κ2) is 8.57. The monoisotopic (exact) mass is 491 g/mol. The van der Waals surface area contributed by atoms with Gasteiger partial charge in [0.1, 0.15) is 11.5 Å². The van der Waals surface area contributed by atoms with E-state index in [1.54, 1.807) is 24.3 Å². The fourth-order valence-corrected chi connectivity index (χ4v) is 4.09. The van der Waals surface area contributed by atoms with E-state index in [0.29, 0.717) is 36.8 Å². The molecular formula is C24H16F3N7O2. The van der Waals surface area contributed by atoms with Crippen molar-refractivity contribution in [1.29, 1.82) is 0 Å². The number of hydrogen-bond donors (Lipinski definition) is 1. The number of halogens is 3. The Labute approximate surface area is 201 Å². The van der Waals surface area contributed by atoms with Crippen molar-refractivity contribution in [3.05, 3.63) is 83.7 Å². The Morgan fingerprint density at radius 3 is 2.53 bits per heavy atom. The van der Waals surface area contributed by atoms with Crippen LogP contribution in [-0.2, 0) is 17.9 Å². The molecule has 6 rings (SSSR count). The van der Waals surface area contributed by atoms with Crippen molar-refractivity contribution < 1.29 is 22.7 Å². The number of imidazole rings is 1. The minimum Gasteiger partial charge on any atom is -0.373 e. The van der Waals surface area contributed by atoms with Gasteiger partial charge < -0.3 is 10.1 Å². The third kappa shape index (κ3) is 3.96. The summed E-state index contributed by atoms with van der Waals surface area (Å²) in [7, 11) is 0. The summed E-state index contributed by atoms with van der Waals surface area (Å²) < 4.78 is 49.3. The Morgan fingerprint density at radius 1 is 0.972 bits per heavy atom. The molecule has 0 saturated heterocycles. The molecule has 0 bridgehead atoms. The number of aromatic nitrogens is 6. The van der Waals surface area contributed by atoms with Gasteiger partial charge in [0.15, 0.2) is 11.5 Å². The number of carbonyl (C=O) groups excluding carboxylic acids is 1. The third-order valence-corrected chi connectivity index (χ3v) is 5.70. The van der Waals surface area contributed by atoms with E-state index >= 15 is 0 Å². The minimum atomic E-state index is -1.10. The summed E-state index contributed by atoms with van der Waals surface area (Å²) in [4.78, 5) is 19.7. The summed E-state index contributed by atoms with van der Waals surface area (Å²) >= 11 is 0. The highest BCUT2D eigenvalue weighted by atomic mass is 19.1. The second-order valence-electron chi connectivity index (χ2n) is 8.06. The molecule has 0 radical (unpaired) electrons. The molecule has 0 aliphatic carbocycles. The molecule has 1 N–H and O–H groups in total. The quantitative estimate of drug-likeness (QED) is 0.384. The van der Waals surface area contributed by atoms with Crippen LogP contribution in [0.1, 0.15) is 16.1 Å². The van der Waals surface area contributed by atoms with Gasteiger partial charge in [-0.05, 0) is 36.4 Å². The Balaban J connectivity index is 1.38. The number of benzene rings is 1. The predicted octanol–water partition coefficient (Wildman–Crippen LogP) is 3.85. The Morgan fingerprint density at radius 2 is 1.75 bits per heavy atom. The lowest BCUT2D eigenvalue weighted by molar-refractivity contribution is 0.0804. The lowest BCUT2D eigenvalue weighted by atomic mass is 10.0. The third-order valence-electron chi connectivity index (χ3n) is 5.70. The van der Waals surface area contributed by atoms with Crippen molar-refractivity contribution >= 4 is 17.4 Å². The molecular weight excluding hydrogens is 475 g/mol. The number of nitrogens with one attached hydrogen (secondary N) is 1. The number of hydrogen-bond acceptors (Lipinski definition) is 6. The van der Waals surface area contributed by atoms with Gasteiger partial charge in [-0.2, -0.15) is 24.0 Å². The lowest BCUT2D eigenvalue weighted by Gasteiger charge is -2.15. The number of pyridine rings is 1. The van der Waals surface area contributed by atoms with Crippen LogP contribution in [0.5, 0.6) is 0 Å². The number of ether oxygens (including phenoxy) is 1. The molecule has 9 nitrogen and oxygen atoms in total. The molecule has 5 aromatic rings. The molecule has 0 saturated carbocycles. The first-order valence-electron chi connectivity index (χ1n) is 10.9. The van der Waals surface area contributed by atoms with Crippen LogP contribution in [0, 0.1) is 17.7 Å². The zero-order valence-corrected chi connectivity index (χ0v) is 18.5. The van der Waals surface area contributed by atoms with Gasteiger partial charge in [-0.3, -0.25) is 9.48 Å². The summed E-state index contributed by atoms with van der Waals surface area (Å²) in [5, 5.41) is 11.9. The van der Waals surface area contributed by atoms with E-state index in [-0.39, 0.29) is 17.2 Å². The van der Waals surface area contributed by atoms with E-state index in [1.165, 1.54) is 22.8 Å². The number of nitrogens with zero attached hydrogens (tertiary/aromatic N) is 6. The predicted molar refractivity (Wildman–Crippen MR) is 121 cm³/mol. The van der Waals surface area contributed by atoms with Crippen molar-refractivity contribution in [3.8, 4) is 22.5 Å². The molecule has 180 valence electrons. The molecule has 4 aromatic heterocycles. The highest BCUT2D eigenvalue weighted by Crippen LogP contribution is 2.35. The van der Waals surface area contributed by atoms with Crippen molar-refractivity contribution in [3.63, 3.8) is 0 Å². The molecule has 1 aromatic carbocycles. The smallest absolute Gasteiger partial charge is 0.257 e. The van der Waals surface area contributed by atoms with Crippen LogP contribution in [0.4, 0.5) is 19.0 Å². The van der Waals surface area contributed by atoms with Gasteiger partial charge in [0.2, 0.25) is 11.9 Å². The fraction of sp³-hybridized carbons (Fsp3) is 0.125. The lowest BCUT2D eigenvalue weighted by Crippen LogP contribution is -2.17. The van der Waals surface area contributed by atoms with Gasteiger partial charge in [0.05, 0.1) is 42.9 Å². The molecule has 1 amide bonds. The SMILES string of the molecule is O=C(Nc1cn2nc(-c3c(-c4ccc(F)cc4)nn4c3COCC4)ccc2n1)c1cc(F)nc(F)c1. The zero-order chi connectivity index (χ0) is 24.8. The largest absolute Gasteiger partial charge is 0.373 e. The van der Waals surface area contributed by atoms with E-state index < -0.39 is 17.8 Å². The molecule has 36 heavy (non-hydrogen) atoms. The summed E-state index contributed by atoms with van der Waals surface area (Å²) in [5.41, 5.74) is 3.71. The molecule has 5 heterocycles. The van der Waals surface area contributed by atoms with E-state index in [0.717, 1.165) is 29.0 Å². The average molecular weight is 491 g/mol. The Bertz CT molecular complexity index is 1610. The molecule has 0 spiro atoms. The standard InChI is InChI=1S/C24H16F3N7O2/c25-15-3-1-13(2-4-15)23-22(17-12-36-8-7-33(17)32-23)16-5-6-21-29-20(11-34(21)31-16)30-24(35)14-9-18(26)28-19(27)10-14/h1-6,9-11H,7-8,12H2,(H,30,35). The maximum absolute atomic E-state index is 13.5. The summed E-state index contributed by atoms with van der Waals surface area (Å²) in [6, 6.07) is 11.2. The first-order chi connectivity index (χ1) is 17.4. The topological polar surface area (TPSA) is 99.2 Å². The number of fused-ring (bicyclic) bond motifs is 2. The second-order valence-corrected chi connectivity index (χ2v) is 8.06. The first-order valence-corrected chi connectivity index (χ1v) is 10.9. The highest BCUT2D eigenvalue weighted by molar-refractivity contribution is 6.03. The van der Waals surface area contributed by atoms with E-state index in [9.17, 15) is 18.0 Å². The maximum Gasteiger partial charge on any atom is 0.257 e. The molecule has 0 atom stereocenters. The number of carbonyl (C=O) groups is 1. The summed E-state index contributed by atoms with van der Waals surface area (Å²) in [6.45, 7) is 1.44. The van der Waals surface area contributed by atoms with Crippen LogP contribution >= 0.6 is 0 Å². The molecule has 0 unspecified atom stereocenters. The number of anilines is 1. The summed E-state index contributed by atoms with van der Waals surface area (Å²) in [5.74, 6) is -3.17. The molecule has 12 heteroatoms. The van der Waals surface area contributed by atoms with Crippen LogP contribution in [0.3, 0.4) is 0 Å². The molecule has 1 aliphatic rings. The normalized spacial score (nSPS) is 13.1. The molecule has 0 fully saturated rings. The van der Waals surface area contributed by atoms with Gasteiger partial charge in [0.25, 0.3) is 5.91 Å². The van der Waals surface area contributed by atoms with Gasteiger partial charge in [-0.1, -0.05) is 0 Å². The summed E-state index contributed by atoms with van der Waals surface area (Å²) in [6.07, 6.45) is 1.48. The van der Waals surface area contributed by atoms with Crippen molar-refractivity contribution in [2.24, 2.45) is 0 Å². The fourth-order valence-electron chi connectivity index (χ4n) is 4.09. The zero-order valence-electron chi connectivity index (χ0n) is 18.5. The van der Waals surface area contributed by atoms with E-state index in [4.69, 9.17) is 9.84 Å². The number of rotatable bonds is 4. The highest BCUT2D eigenvalue weighted by Gasteiger charge is 2.24. The van der Waals surface area contributed by atoms with Crippen molar-refractivity contribution in [2.45, 2.75) is 13.2 Å². The molecule has 1 aliphatic heterocycles. The average Bonchev–Trinajstić information content (AvgIpc) is 3.44. The van der Waals surface area contributed by atoms with Gasteiger partial charge in [-0.15, -0.1) is 0 Å². The van der Waals surface area contributed by atoms with Gasteiger partial charge in [0, 0.05) is 23.3 Å². The maximum atomic E-state index is 13.5. The minimum absolute atomic E-state index is 0.140. The number of amides is 1. The van der Waals surface area contributed by atoms with E-state index in [2.05, 4.69) is 20.4 Å². The van der Waals surface area contributed by atoms with Gasteiger partial charge in [-0.25, -0.2) is 13.9 Å². The van der Waals surface area contributed by atoms with Gasteiger partial charge >= 0.3 is 0 Å². The Hall–Kier alpha value is -4.58. The van der Waals surface area contributed by atoms with Crippen molar-refractivity contribution in [2.75, 3.05) is 11.9 Å². The van der Waals surface area contributed by atoms with Crippen LogP contribution in [-0.4, -0.2) is 41.9 Å². The van der Waals surface area contributed by atoms with Crippen LogP contribution in [0.15, 0.2) is 54.7 Å². The van der Waals surface area contributed by atoms with Crippen LogP contribution in [0.25, 0.3) is 28.2 Å². The van der Waals surface area contributed by atoms with Crippen LogP contribution in [0.2, 0.25) is 0 Å². The Kier molecular flexibility index (Phi) is 5.22. The first kappa shape index (κ1) is 21.9. The van der Waals surface area contributed by atoms with Crippen molar-refractivity contribution in [1.82, 2.24) is 29.4 Å². The van der Waals surface area contributed by atoms with Crippen LogP contribution < -0.4 is 5.32 Å². The van der Waals surface area contributed by atoms with E-state index in [1.807, 2.05) is 4.68 Å².